The summed E-state index contributed by atoms with van der Waals surface area (Å²) in [5.41, 5.74) is 1.30. The van der Waals surface area contributed by atoms with Crippen molar-refractivity contribution in [1.29, 1.82) is 0 Å². The van der Waals surface area contributed by atoms with Gasteiger partial charge < -0.3 is 5.32 Å². The quantitative estimate of drug-likeness (QED) is 0.894. The van der Waals surface area contributed by atoms with E-state index in [0.29, 0.717) is 11.8 Å². The largest absolute Gasteiger partial charge is 0.308 e. The van der Waals surface area contributed by atoms with Crippen molar-refractivity contribution in [1.82, 2.24) is 10.3 Å². The van der Waals surface area contributed by atoms with Crippen LogP contribution in [0.1, 0.15) is 55.6 Å². The zero-order chi connectivity index (χ0) is 14.2. The third kappa shape index (κ3) is 2.59. The summed E-state index contributed by atoms with van der Waals surface area (Å²) in [6, 6.07) is 0. The molecular weight excluding hydrogens is 252 g/mol. The molecule has 108 valence electrons. The van der Waals surface area contributed by atoms with Crippen LogP contribution in [0.4, 0.5) is 0 Å². The molecule has 0 amide bonds. The van der Waals surface area contributed by atoms with E-state index in [1.54, 1.807) is 0 Å². The van der Waals surface area contributed by atoms with Crippen LogP contribution in [0.5, 0.6) is 0 Å². The Morgan fingerprint density at radius 1 is 1.32 bits per heavy atom. The summed E-state index contributed by atoms with van der Waals surface area (Å²) in [5.74, 6) is 2.18. The minimum absolute atomic E-state index is 0.0928. The van der Waals surface area contributed by atoms with Gasteiger partial charge >= 0.3 is 0 Å². The molecule has 0 spiro atoms. The van der Waals surface area contributed by atoms with Gasteiger partial charge in [-0.2, -0.15) is 0 Å². The maximum Gasteiger partial charge on any atom is 0.114 e. The molecule has 2 rings (SSSR count). The summed E-state index contributed by atoms with van der Waals surface area (Å²) in [6.07, 6.45) is 3.89. The number of thiazole rings is 1. The van der Waals surface area contributed by atoms with Gasteiger partial charge in [-0.15, -0.1) is 11.3 Å². The van der Waals surface area contributed by atoms with Gasteiger partial charge in [-0.1, -0.05) is 27.2 Å². The molecule has 2 nitrogen and oxygen atoms in total. The second-order valence-corrected chi connectivity index (χ2v) is 7.82. The highest BCUT2D eigenvalue weighted by atomic mass is 32.1. The summed E-state index contributed by atoms with van der Waals surface area (Å²) < 4.78 is 0. The maximum absolute atomic E-state index is 4.90. The molecule has 1 N–H and O–H groups in total. The minimum atomic E-state index is 0.0928. The van der Waals surface area contributed by atoms with Gasteiger partial charge in [-0.25, -0.2) is 4.98 Å². The van der Waals surface area contributed by atoms with Crippen molar-refractivity contribution in [2.45, 2.75) is 59.4 Å². The molecule has 0 saturated heterocycles. The van der Waals surface area contributed by atoms with Crippen LogP contribution in [0.25, 0.3) is 0 Å². The minimum Gasteiger partial charge on any atom is -0.308 e. The lowest BCUT2D eigenvalue weighted by Gasteiger charge is -2.47. The predicted molar refractivity (Wildman–Crippen MR) is 83.7 cm³/mol. The van der Waals surface area contributed by atoms with Crippen LogP contribution in [0.15, 0.2) is 0 Å². The van der Waals surface area contributed by atoms with Gasteiger partial charge in [-0.3, -0.25) is 0 Å². The van der Waals surface area contributed by atoms with Crippen molar-refractivity contribution in [3.63, 3.8) is 0 Å². The first-order valence-electron chi connectivity index (χ1n) is 7.54. The van der Waals surface area contributed by atoms with Crippen LogP contribution in [-0.4, -0.2) is 12.0 Å². The van der Waals surface area contributed by atoms with E-state index in [9.17, 15) is 0 Å². The number of hydrogen-bond donors (Lipinski definition) is 1. The van der Waals surface area contributed by atoms with E-state index in [1.807, 2.05) is 11.3 Å². The second kappa shape index (κ2) is 5.53. The summed E-state index contributed by atoms with van der Waals surface area (Å²) in [6.45, 7) is 11.4. The summed E-state index contributed by atoms with van der Waals surface area (Å²) in [5, 5.41) is 5.00. The van der Waals surface area contributed by atoms with E-state index in [2.05, 4.69) is 47.0 Å². The van der Waals surface area contributed by atoms with Crippen molar-refractivity contribution >= 4 is 11.3 Å². The molecule has 3 unspecified atom stereocenters. The predicted octanol–water partition coefficient (Wildman–Crippen LogP) is 4.27. The standard InChI is InChI=1S/C16H28N2S/c1-10(2)14-8-7-11(3)9-16(14,17-6)15-18-12(4)13(5)19-15/h10-11,14,17H,7-9H2,1-6H3. The zero-order valence-electron chi connectivity index (χ0n) is 13.2. The third-order valence-corrected chi connectivity index (χ3v) is 6.19. The Kier molecular flexibility index (Phi) is 4.36. The lowest BCUT2D eigenvalue weighted by Crippen LogP contribution is -2.52. The van der Waals surface area contributed by atoms with Gasteiger partial charge in [-0.05, 0) is 51.5 Å². The molecule has 1 aromatic rings. The molecule has 1 aromatic heterocycles. The first kappa shape index (κ1) is 15.0. The van der Waals surface area contributed by atoms with E-state index in [-0.39, 0.29) is 5.54 Å². The lowest BCUT2D eigenvalue weighted by atomic mass is 9.65. The zero-order valence-corrected chi connectivity index (χ0v) is 14.0. The van der Waals surface area contributed by atoms with Crippen molar-refractivity contribution < 1.29 is 0 Å². The molecule has 0 bridgehead atoms. The Hall–Kier alpha value is -0.410. The van der Waals surface area contributed by atoms with Crippen molar-refractivity contribution in [2.75, 3.05) is 7.05 Å². The van der Waals surface area contributed by atoms with Gasteiger partial charge in [0.05, 0.1) is 11.2 Å². The van der Waals surface area contributed by atoms with E-state index in [0.717, 1.165) is 5.92 Å². The van der Waals surface area contributed by atoms with Crippen LogP contribution < -0.4 is 5.32 Å². The normalized spacial score (nSPS) is 31.9. The van der Waals surface area contributed by atoms with E-state index >= 15 is 0 Å². The molecule has 19 heavy (non-hydrogen) atoms. The molecule has 1 fully saturated rings. The van der Waals surface area contributed by atoms with E-state index in [4.69, 9.17) is 4.98 Å². The molecule has 0 radical (unpaired) electrons. The second-order valence-electron chi connectivity index (χ2n) is 6.62. The molecule has 1 aliphatic rings. The lowest BCUT2D eigenvalue weighted by molar-refractivity contribution is 0.0793. The van der Waals surface area contributed by atoms with Crippen LogP contribution in [0.2, 0.25) is 0 Å². The Morgan fingerprint density at radius 3 is 2.47 bits per heavy atom. The van der Waals surface area contributed by atoms with Crippen LogP contribution in [0, 0.1) is 31.6 Å². The Labute approximate surface area is 122 Å². The van der Waals surface area contributed by atoms with Gasteiger partial charge in [0.1, 0.15) is 5.01 Å². The SMILES string of the molecule is CNC1(c2nc(C)c(C)s2)CC(C)CCC1C(C)C. The third-order valence-electron chi connectivity index (χ3n) is 4.93. The smallest absolute Gasteiger partial charge is 0.114 e. The first-order valence-corrected chi connectivity index (χ1v) is 8.35. The highest BCUT2D eigenvalue weighted by molar-refractivity contribution is 7.11. The number of rotatable bonds is 3. The average Bonchev–Trinajstić information content (AvgIpc) is 2.69. The highest BCUT2D eigenvalue weighted by Gasteiger charge is 2.46. The molecule has 3 atom stereocenters. The average molecular weight is 280 g/mol. The van der Waals surface area contributed by atoms with Crippen molar-refractivity contribution in [3.05, 3.63) is 15.6 Å². The number of nitrogens with zero attached hydrogens (tertiary/aromatic N) is 1. The fourth-order valence-electron chi connectivity index (χ4n) is 3.72. The van der Waals surface area contributed by atoms with Crippen LogP contribution in [0.3, 0.4) is 0 Å². The number of aromatic nitrogens is 1. The number of nitrogens with one attached hydrogen (secondary N) is 1. The van der Waals surface area contributed by atoms with Crippen molar-refractivity contribution in [3.8, 4) is 0 Å². The number of aryl methyl sites for hydroxylation is 2. The Bertz CT molecular complexity index is 418. The first-order chi connectivity index (χ1) is 8.90. The van der Waals surface area contributed by atoms with Gasteiger partial charge in [0.15, 0.2) is 0 Å². The van der Waals surface area contributed by atoms with Crippen LogP contribution >= 0.6 is 11.3 Å². The molecule has 0 aliphatic heterocycles. The molecule has 0 aromatic carbocycles. The fraction of sp³-hybridized carbons (Fsp3) is 0.812. The molecule has 1 heterocycles. The molecule has 1 saturated carbocycles. The van der Waals surface area contributed by atoms with Crippen LogP contribution in [-0.2, 0) is 5.54 Å². The van der Waals surface area contributed by atoms with E-state index in [1.165, 1.54) is 34.8 Å². The summed E-state index contributed by atoms with van der Waals surface area (Å²) >= 11 is 1.89. The summed E-state index contributed by atoms with van der Waals surface area (Å²) in [7, 11) is 2.12. The molecule has 3 heteroatoms. The Balaban J connectivity index is 2.47. The molecular formula is C16H28N2S. The monoisotopic (exact) mass is 280 g/mol. The molecule has 1 aliphatic carbocycles. The van der Waals surface area contributed by atoms with Gasteiger partial charge in [0.2, 0.25) is 0 Å². The highest BCUT2D eigenvalue weighted by Crippen LogP contribution is 2.48. The van der Waals surface area contributed by atoms with Crippen molar-refractivity contribution in [2.24, 2.45) is 17.8 Å². The van der Waals surface area contributed by atoms with Gasteiger partial charge in [0, 0.05) is 4.88 Å². The maximum atomic E-state index is 4.90. The number of hydrogen-bond acceptors (Lipinski definition) is 3. The summed E-state index contributed by atoms with van der Waals surface area (Å²) in [4.78, 5) is 6.27. The van der Waals surface area contributed by atoms with E-state index < -0.39 is 0 Å². The van der Waals surface area contributed by atoms with Gasteiger partial charge in [0.25, 0.3) is 0 Å². The fourth-order valence-corrected chi connectivity index (χ4v) is 4.90. The topological polar surface area (TPSA) is 24.9 Å². The Morgan fingerprint density at radius 2 is 2.00 bits per heavy atom.